The highest BCUT2D eigenvalue weighted by Crippen LogP contribution is 2.31. The number of rotatable bonds is 3. The van der Waals surface area contributed by atoms with E-state index in [2.05, 4.69) is 16.8 Å². The fraction of sp³-hybridized carbons (Fsp3) is 0.429. The number of nitrogen functional groups attached to an aromatic ring is 1. The summed E-state index contributed by atoms with van der Waals surface area (Å²) in [6.07, 6.45) is 6.32. The molecule has 3 heteroatoms. The van der Waals surface area contributed by atoms with Gasteiger partial charge in [0.2, 0.25) is 0 Å². The quantitative estimate of drug-likeness (QED) is 0.794. The molecule has 1 fully saturated rings. The minimum atomic E-state index is 0.581. The molecule has 1 saturated carbocycles. The lowest BCUT2D eigenvalue weighted by atomic mass is 9.85. The molecule has 0 aliphatic heterocycles. The van der Waals surface area contributed by atoms with E-state index >= 15 is 0 Å². The van der Waals surface area contributed by atoms with Crippen LogP contribution in [0.1, 0.15) is 24.8 Å². The molecule has 1 heterocycles. The Morgan fingerprint density at radius 1 is 1.29 bits per heavy atom. The molecular formula is C14H19N3. The van der Waals surface area contributed by atoms with E-state index in [1.165, 1.54) is 35.7 Å². The predicted octanol–water partition coefficient (Wildman–Crippen LogP) is 2.48. The summed E-state index contributed by atoms with van der Waals surface area (Å²) in [5, 5.41) is 1.21. The first-order chi connectivity index (χ1) is 8.28. The predicted molar refractivity (Wildman–Crippen MR) is 71.6 cm³/mol. The Morgan fingerprint density at radius 2 is 2.12 bits per heavy atom. The normalized spacial score (nSPS) is 16.3. The molecular weight excluding hydrogens is 210 g/mol. The number of benzene rings is 1. The van der Waals surface area contributed by atoms with Gasteiger partial charge in [0.25, 0.3) is 0 Å². The van der Waals surface area contributed by atoms with Crippen molar-refractivity contribution in [1.82, 2.24) is 4.57 Å². The summed E-state index contributed by atoms with van der Waals surface area (Å²) in [5.41, 5.74) is 14.9. The summed E-state index contributed by atoms with van der Waals surface area (Å²) in [6, 6.07) is 6.12. The summed E-state index contributed by atoms with van der Waals surface area (Å²) in [4.78, 5) is 0. The SMILES string of the molecule is NCc1cn(CC2CCC2)c2ccc(N)cc12. The Kier molecular flexibility index (Phi) is 2.56. The number of anilines is 1. The van der Waals surface area contributed by atoms with Crippen LogP contribution in [0.4, 0.5) is 5.69 Å². The topological polar surface area (TPSA) is 57.0 Å². The van der Waals surface area contributed by atoms with Crippen molar-refractivity contribution in [2.45, 2.75) is 32.4 Å². The minimum absolute atomic E-state index is 0.581. The van der Waals surface area contributed by atoms with E-state index in [0.29, 0.717) is 6.54 Å². The first-order valence-electron chi connectivity index (χ1n) is 6.35. The second kappa shape index (κ2) is 4.08. The summed E-state index contributed by atoms with van der Waals surface area (Å²) in [6.45, 7) is 1.71. The first-order valence-corrected chi connectivity index (χ1v) is 6.35. The number of hydrogen-bond acceptors (Lipinski definition) is 2. The number of nitrogens with two attached hydrogens (primary N) is 2. The smallest absolute Gasteiger partial charge is 0.0485 e. The van der Waals surface area contributed by atoms with E-state index in [-0.39, 0.29) is 0 Å². The molecule has 1 aromatic heterocycles. The van der Waals surface area contributed by atoms with E-state index in [1.54, 1.807) is 0 Å². The molecule has 4 N–H and O–H groups in total. The summed E-state index contributed by atoms with van der Waals surface area (Å²) in [7, 11) is 0. The van der Waals surface area contributed by atoms with E-state index in [4.69, 9.17) is 11.5 Å². The Bertz CT molecular complexity index is 538. The van der Waals surface area contributed by atoms with Gasteiger partial charge >= 0.3 is 0 Å². The lowest BCUT2D eigenvalue weighted by Crippen LogP contribution is -2.17. The third-order valence-corrected chi connectivity index (χ3v) is 3.89. The first kappa shape index (κ1) is 10.7. The van der Waals surface area contributed by atoms with Crippen molar-refractivity contribution < 1.29 is 0 Å². The molecule has 90 valence electrons. The molecule has 2 aromatic rings. The second-order valence-corrected chi connectivity index (χ2v) is 5.08. The number of fused-ring (bicyclic) bond motifs is 1. The molecule has 3 rings (SSSR count). The van der Waals surface area contributed by atoms with Crippen LogP contribution >= 0.6 is 0 Å². The standard InChI is InChI=1S/C14H19N3/c15-7-11-9-17(8-10-2-1-3-10)14-5-4-12(16)6-13(11)14/h4-6,9-10H,1-3,7-8,15-16H2. The zero-order valence-corrected chi connectivity index (χ0v) is 10.0. The van der Waals surface area contributed by atoms with Crippen LogP contribution in [0.2, 0.25) is 0 Å². The summed E-state index contributed by atoms with van der Waals surface area (Å²) in [5.74, 6) is 0.855. The largest absolute Gasteiger partial charge is 0.399 e. The molecule has 0 spiro atoms. The van der Waals surface area contributed by atoms with Crippen molar-refractivity contribution in [3.63, 3.8) is 0 Å². The lowest BCUT2D eigenvalue weighted by Gasteiger charge is -2.26. The van der Waals surface area contributed by atoms with Gasteiger partial charge in [-0.2, -0.15) is 0 Å². The molecule has 0 radical (unpaired) electrons. The average molecular weight is 229 g/mol. The second-order valence-electron chi connectivity index (χ2n) is 5.08. The van der Waals surface area contributed by atoms with Crippen LogP contribution in [-0.4, -0.2) is 4.57 Å². The molecule has 0 bridgehead atoms. The van der Waals surface area contributed by atoms with Crippen molar-refractivity contribution in [2.75, 3.05) is 5.73 Å². The fourth-order valence-electron chi connectivity index (χ4n) is 2.66. The maximum atomic E-state index is 5.85. The van der Waals surface area contributed by atoms with Gasteiger partial charge in [-0.1, -0.05) is 6.42 Å². The third-order valence-electron chi connectivity index (χ3n) is 3.89. The number of aromatic nitrogens is 1. The van der Waals surface area contributed by atoms with Crippen molar-refractivity contribution in [3.05, 3.63) is 30.0 Å². The van der Waals surface area contributed by atoms with Crippen LogP contribution in [0.25, 0.3) is 10.9 Å². The van der Waals surface area contributed by atoms with Gasteiger partial charge in [0.05, 0.1) is 0 Å². The van der Waals surface area contributed by atoms with Crippen LogP contribution in [0.5, 0.6) is 0 Å². The average Bonchev–Trinajstić information content (AvgIpc) is 2.61. The molecule has 0 amide bonds. The van der Waals surface area contributed by atoms with Gasteiger partial charge in [-0.3, -0.25) is 0 Å². The Morgan fingerprint density at radius 3 is 2.76 bits per heavy atom. The molecule has 0 saturated heterocycles. The van der Waals surface area contributed by atoms with Crippen LogP contribution in [0.15, 0.2) is 24.4 Å². The van der Waals surface area contributed by atoms with Crippen molar-refractivity contribution in [1.29, 1.82) is 0 Å². The van der Waals surface area contributed by atoms with E-state index < -0.39 is 0 Å². The molecule has 1 aliphatic carbocycles. The minimum Gasteiger partial charge on any atom is -0.399 e. The van der Waals surface area contributed by atoms with Gasteiger partial charge in [-0.05, 0) is 42.5 Å². The van der Waals surface area contributed by atoms with Gasteiger partial charge < -0.3 is 16.0 Å². The van der Waals surface area contributed by atoms with Gasteiger partial charge in [-0.25, -0.2) is 0 Å². The van der Waals surface area contributed by atoms with Gasteiger partial charge in [0.1, 0.15) is 0 Å². The lowest BCUT2D eigenvalue weighted by molar-refractivity contribution is 0.279. The maximum Gasteiger partial charge on any atom is 0.0485 e. The molecule has 0 unspecified atom stereocenters. The highest BCUT2D eigenvalue weighted by Gasteiger charge is 2.19. The van der Waals surface area contributed by atoms with Gasteiger partial charge in [-0.15, -0.1) is 0 Å². The summed E-state index contributed by atoms with van der Waals surface area (Å²) < 4.78 is 2.35. The van der Waals surface area contributed by atoms with E-state index in [9.17, 15) is 0 Å². The van der Waals surface area contributed by atoms with Crippen LogP contribution in [0.3, 0.4) is 0 Å². The van der Waals surface area contributed by atoms with Crippen LogP contribution < -0.4 is 11.5 Å². The molecule has 1 aliphatic rings. The van der Waals surface area contributed by atoms with E-state index in [0.717, 1.165) is 18.2 Å². The van der Waals surface area contributed by atoms with Crippen molar-refractivity contribution in [3.8, 4) is 0 Å². The number of nitrogens with zero attached hydrogens (tertiary/aromatic N) is 1. The fourth-order valence-corrected chi connectivity index (χ4v) is 2.66. The highest BCUT2D eigenvalue weighted by molar-refractivity contribution is 5.86. The Labute approximate surface area is 101 Å². The molecule has 1 aromatic carbocycles. The number of hydrogen-bond donors (Lipinski definition) is 2. The Hall–Kier alpha value is -1.48. The zero-order chi connectivity index (χ0) is 11.8. The van der Waals surface area contributed by atoms with Gasteiger partial charge in [0, 0.05) is 35.9 Å². The van der Waals surface area contributed by atoms with E-state index in [1.807, 2.05) is 12.1 Å². The van der Waals surface area contributed by atoms with Crippen molar-refractivity contribution in [2.24, 2.45) is 11.7 Å². The van der Waals surface area contributed by atoms with Crippen molar-refractivity contribution >= 4 is 16.6 Å². The molecule has 17 heavy (non-hydrogen) atoms. The third kappa shape index (κ3) is 1.80. The zero-order valence-electron chi connectivity index (χ0n) is 10.0. The Balaban J connectivity index is 2.04. The van der Waals surface area contributed by atoms with Crippen LogP contribution in [-0.2, 0) is 13.1 Å². The monoisotopic (exact) mass is 229 g/mol. The highest BCUT2D eigenvalue weighted by atomic mass is 15.0. The summed E-state index contributed by atoms with van der Waals surface area (Å²) >= 11 is 0. The molecule has 0 atom stereocenters. The maximum absolute atomic E-state index is 5.85. The van der Waals surface area contributed by atoms with Crippen LogP contribution in [0, 0.1) is 5.92 Å². The van der Waals surface area contributed by atoms with Gasteiger partial charge in [0.15, 0.2) is 0 Å². The molecule has 3 nitrogen and oxygen atoms in total.